The summed E-state index contributed by atoms with van der Waals surface area (Å²) in [7, 11) is 1.89. The van der Waals surface area contributed by atoms with Gasteiger partial charge in [-0.15, -0.1) is 0 Å². The van der Waals surface area contributed by atoms with E-state index in [2.05, 4.69) is 13.8 Å². The molecule has 0 aromatic heterocycles. The number of amides is 1. The fourth-order valence-electron chi connectivity index (χ4n) is 2.18. The van der Waals surface area contributed by atoms with E-state index in [0.717, 1.165) is 19.3 Å². The van der Waals surface area contributed by atoms with Crippen LogP contribution in [0.15, 0.2) is 0 Å². The molecule has 3 nitrogen and oxygen atoms in total. The van der Waals surface area contributed by atoms with Gasteiger partial charge in [0, 0.05) is 7.05 Å². The highest BCUT2D eigenvalue weighted by molar-refractivity contribution is 5.81. The molecule has 1 fully saturated rings. The van der Waals surface area contributed by atoms with Gasteiger partial charge < -0.3 is 9.64 Å². The van der Waals surface area contributed by atoms with E-state index in [1.54, 1.807) is 0 Å². The Kier molecular flexibility index (Phi) is 3.93. The molecule has 0 aromatic rings. The number of ether oxygens (including phenoxy) is 1. The van der Waals surface area contributed by atoms with Crippen LogP contribution in [0.5, 0.6) is 0 Å². The number of carbonyl (C=O) groups is 1. The molecule has 82 valence electrons. The summed E-state index contributed by atoms with van der Waals surface area (Å²) >= 11 is 0. The second kappa shape index (κ2) is 4.78. The van der Waals surface area contributed by atoms with Crippen LogP contribution in [0.1, 0.15) is 40.0 Å². The van der Waals surface area contributed by atoms with E-state index >= 15 is 0 Å². The molecule has 1 saturated heterocycles. The van der Waals surface area contributed by atoms with Crippen LogP contribution in [0.2, 0.25) is 0 Å². The molecule has 1 heterocycles. The van der Waals surface area contributed by atoms with Crippen molar-refractivity contribution in [3.63, 3.8) is 0 Å². The first-order valence-corrected chi connectivity index (χ1v) is 5.57. The largest absolute Gasteiger partial charge is 0.363 e. The van der Waals surface area contributed by atoms with Crippen LogP contribution in [0.25, 0.3) is 0 Å². The molecule has 0 aromatic carbocycles. The second-order valence-corrected chi connectivity index (χ2v) is 3.90. The molecule has 1 rings (SSSR count). The van der Waals surface area contributed by atoms with Crippen molar-refractivity contribution in [2.24, 2.45) is 0 Å². The summed E-state index contributed by atoms with van der Waals surface area (Å²) in [5.41, 5.74) is 0. The molecule has 0 aliphatic carbocycles. The van der Waals surface area contributed by atoms with Gasteiger partial charge in [-0.3, -0.25) is 4.79 Å². The molecule has 3 atom stereocenters. The van der Waals surface area contributed by atoms with Crippen LogP contribution in [-0.2, 0) is 9.53 Å². The van der Waals surface area contributed by atoms with Crippen molar-refractivity contribution in [2.75, 3.05) is 7.05 Å². The molecule has 3 heteroatoms. The molecule has 3 unspecified atom stereocenters. The Morgan fingerprint density at radius 3 is 2.29 bits per heavy atom. The second-order valence-electron chi connectivity index (χ2n) is 3.90. The molecule has 14 heavy (non-hydrogen) atoms. The highest BCUT2D eigenvalue weighted by Crippen LogP contribution is 2.23. The number of likely N-dealkylation sites (N-methyl/N-ethyl adjacent to an activating group) is 1. The fourth-order valence-corrected chi connectivity index (χ4v) is 2.18. The fraction of sp³-hybridized carbons (Fsp3) is 0.909. The normalized spacial score (nSPS) is 33.6. The Morgan fingerprint density at radius 2 is 1.86 bits per heavy atom. The quantitative estimate of drug-likeness (QED) is 0.693. The van der Waals surface area contributed by atoms with Crippen LogP contribution in [-0.4, -0.2) is 36.1 Å². The van der Waals surface area contributed by atoms with E-state index in [1.165, 1.54) is 0 Å². The first kappa shape index (κ1) is 11.5. The van der Waals surface area contributed by atoms with E-state index in [4.69, 9.17) is 4.74 Å². The Labute approximate surface area is 86.4 Å². The van der Waals surface area contributed by atoms with Gasteiger partial charge in [0.25, 0.3) is 5.91 Å². The number of hydrogen-bond donors (Lipinski definition) is 0. The van der Waals surface area contributed by atoms with Crippen molar-refractivity contribution >= 4 is 5.91 Å². The number of carbonyl (C=O) groups excluding carboxylic acids is 1. The summed E-state index contributed by atoms with van der Waals surface area (Å²) in [6, 6.07) is 0.260. The van der Waals surface area contributed by atoms with Gasteiger partial charge in [-0.2, -0.15) is 0 Å². The zero-order chi connectivity index (χ0) is 10.7. The van der Waals surface area contributed by atoms with E-state index in [0.29, 0.717) is 0 Å². The summed E-state index contributed by atoms with van der Waals surface area (Å²) in [6.07, 6.45) is 2.72. The summed E-state index contributed by atoms with van der Waals surface area (Å²) in [5, 5.41) is 0. The lowest BCUT2D eigenvalue weighted by Gasteiger charge is -2.41. The van der Waals surface area contributed by atoms with Crippen LogP contribution in [0, 0.1) is 0 Å². The van der Waals surface area contributed by atoms with Crippen molar-refractivity contribution in [3.8, 4) is 0 Å². The molecular weight excluding hydrogens is 178 g/mol. The van der Waals surface area contributed by atoms with Gasteiger partial charge in [0.1, 0.15) is 6.10 Å². The van der Waals surface area contributed by atoms with Crippen molar-refractivity contribution in [3.05, 3.63) is 0 Å². The number of hydrogen-bond acceptors (Lipinski definition) is 2. The highest BCUT2D eigenvalue weighted by Gasteiger charge is 2.37. The monoisotopic (exact) mass is 199 g/mol. The number of morpholine rings is 1. The first-order chi connectivity index (χ1) is 6.65. The van der Waals surface area contributed by atoms with Crippen molar-refractivity contribution in [2.45, 2.75) is 58.3 Å². The Bertz CT molecular complexity index is 205. The van der Waals surface area contributed by atoms with E-state index < -0.39 is 0 Å². The van der Waals surface area contributed by atoms with E-state index in [9.17, 15) is 4.79 Å². The lowest BCUT2D eigenvalue weighted by Crippen LogP contribution is -2.56. The minimum Gasteiger partial charge on any atom is -0.363 e. The van der Waals surface area contributed by atoms with Crippen molar-refractivity contribution in [1.29, 1.82) is 0 Å². The third-order valence-electron chi connectivity index (χ3n) is 3.08. The molecule has 0 spiro atoms. The van der Waals surface area contributed by atoms with Crippen LogP contribution >= 0.6 is 0 Å². The highest BCUT2D eigenvalue weighted by atomic mass is 16.5. The van der Waals surface area contributed by atoms with Crippen LogP contribution in [0.3, 0.4) is 0 Å². The molecule has 0 saturated carbocycles. The smallest absolute Gasteiger partial charge is 0.251 e. The standard InChI is InChI=1S/C11H21NO2/c1-5-8-9(6-2)14-10(7-3)11(13)12(8)4/h8-10H,5-7H2,1-4H3. The molecular formula is C11H21NO2. The molecule has 0 N–H and O–H groups in total. The lowest BCUT2D eigenvalue weighted by molar-refractivity contribution is -0.170. The zero-order valence-corrected chi connectivity index (χ0v) is 9.62. The van der Waals surface area contributed by atoms with E-state index in [1.807, 2.05) is 18.9 Å². The average molecular weight is 199 g/mol. The van der Waals surface area contributed by atoms with Gasteiger partial charge in [-0.1, -0.05) is 20.8 Å². The zero-order valence-electron chi connectivity index (χ0n) is 9.62. The van der Waals surface area contributed by atoms with E-state index in [-0.39, 0.29) is 24.2 Å². The van der Waals surface area contributed by atoms with Gasteiger partial charge >= 0.3 is 0 Å². The number of nitrogens with zero attached hydrogens (tertiary/aromatic N) is 1. The maximum absolute atomic E-state index is 11.8. The number of rotatable bonds is 3. The summed E-state index contributed by atoms with van der Waals surface area (Å²) in [6.45, 7) is 6.21. The predicted octanol–water partition coefficient (Wildman–Crippen LogP) is 1.81. The maximum atomic E-state index is 11.8. The molecule has 0 bridgehead atoms. The summed E-state index contributed by atoms with van der Waals surface area (Å²) in [4.78, 5) is 13.7. The third-order valence-corrected chi connectivity index (χ3v) is 3.08. The minimum absolute atomic E-state index is 0.143. The SMILES string of the molecule is CCC1OC(CC)C(CC)N(C)C1=O. The third kappa shape index (κ3) is 1.92. The lowest BCUT2D eigenvalue weighted by atomic mass is 10.00. The molecule has 1 amide bonds. The average Bonchev–Trinajstić information content (AvgIpc) is 2.21. The predicted molar refractivity (Wildman–Crippen MR) is 56.1 cm³/mol. The maximum Gasteiger partial charge on any atom is 0.251 e. The molecule has 1 aliphatic heterocycles. The van der Waals surface area contributed by atoms with Gasteiger partial charge in [0.05, 0.1) is 12.1 Å². The first-order valence-electron chi connectivity index (χ1n) is 5.57. The van der Waals surface area contributed by atoms with Gasteiger partial charge in [-0.05, 0) is 19.3 Å². The summed E-state index contributed by atoms with van der Waals surface area (Å²) < 4.78 is 5.78. The molecule has 1 aliphatic rings. The van der Waals surface area contributed by atoms with Gasteiger partial charge in [-0.25, -0.2) is 0 Å². The Hall–Kier alpha value is -0.570. The van der Waals surface area contributed by atoms with Crippen molar-refractivity contribution in [1.82, 2.24) is 4.90 Å². The summed E-state index contributed by atoms with van der Waals surface area (Å²) in [5.74, 6) is 0.143. The van der Waals surface area contributed by atoms with Gasteiger partial charge in [0.2, 0.25) is 0 Å². The Balaban J connectivity index is 2.76. The topological polar surface area (TPSA) is 29.5 Å². The van der Waals surface area contributed by atoms with Crippen LogP contribution in [0.4, 0.5) is 0 Å². The molecule has 0 radical (unpaired) electrons. The van der Waals surface area contributed by atoms with Crippen LogP contribution < -0.4 is 0 Å². The minimum atomic E-state index is -0.215. The van der Waals surface area contributed by atoms with Crippen molar-refractivity contribution < 1.29 is 9.53 Å². The Morgan fingerprint density at radius 1 is 1.21 bits per heavy atom. The van der Waals surface area contributed by atoms with Gasteiger partial charge in [0.15, 0.2) is 0 Å².